The molecule has 0 spiro atoms. The Morgan fingerprint density at radius 3 is 2.77 bits per heavy atom. The molecule has 0 radical (unpaired) electrons. The van der Waals surface area contributed by atoms with Gasteiger partial charge >= 0.3 is 5.97 Å². The number of methoxy groups -OCH3 is 1. The van der Waals surface area contributed by atoms with E-state index < -0.39 is 5.97 Å². The average Bonchev–Trinajstić information content (AvgIpc) is 2.65. The standard InChI is InChI=1S/C8H9NO4/c1-11-8(10)7(9-12-2)6-4-3-5-13-6/h3-5H,1-2H3/b9-7-. The third kappa shape index (κ3) is 2.08. The zero-order valence-electron chi connectivity index (χ0n) is 7.31. The fourth-order valence-corrected chi connectivity index (χ4v) is 0.784. The molecule has 0 bridgehead atoms. The van der Waals surface area contributed by atoms with Crippen molar-refractivity contribution < 1.29 is 18.8 Å². The minimum absolute atomic E-state index is 0.00926. The third-order valence-corrected chi connectivity index (χ3v) is 1.32. The van der Waals surface area contributed by atoms with E-state index in [1.165, 1.54) is 20.5 Å². The highest BCUT2D eigenvalue weighted by Gasteiger charge is 2.17. The summed E-state index contributed by atoms with van der Waals surface area (Å²) in [6.45, 7) is 0. The number of rotatable bonds is 3. The van der Waals surface area contributed by atoms with E-state index in [0.29, 0.717) is 5.76 Å². The average molecular weight is 183 g/mol. The molecular formula is C8H9NO4. The van der Waals surface area contributed by atoms with Crippen LogP contribution in [0.15, 0.2) is 28.0 Å². The number of hydrogen-bond acceptors (Lipinski definition) is 5. The molecule has 1 rings (SSSR count). The molecule has 0 saturated heterocycles. The summed E-state index contributed by atoms with van der Waals surface area (Å²) in [5, 5.41) is 3.49. The van der Waals surface area contributed by atoms with Crippen molar-refractivity contribution in [2.45, 2.75) is 0 Å². The molecule has 5 nitrogen and oxygen atoms in total. The lowest BCUT2D eigenvalue weighted by Crippen LogP contribution is -2.16. The number of carbonyl (C=O) groups is 1. The molecule has 70 valence electrons. The van der Waals surface area contributed by atoms with Crippen molar-refractivity contribution in [1.29, 1.82) is 0 Å². The van der Waals surface area contributed by atoms with Gasteiger partial charge in [0.15, 0.2) is 5.76 Å². The highest BCUT2D eigenvalue weighted by atomic mass is 16.6. The van der Waals surface area contributed by atoms with Gasteiger partial charge in [-0.15, -0.1) is 0 Å². The number of carbonyl (C=O) groups excluding carboxylic acids is 1. The number of nitrogens with zero attached hydrogens (tertiary/aromatic N) is 1. The Balaban J connectivity index is 2.94. The van der Waals surface area contributed by atoms with E-state index in [0.717, 1.165) is 0 Å². The smallest absolute Gasteiger partial charge is 0.364 e. The van der Waals surface area contributed by atoms with Gasteiger partial charge in [-0.1, -0.05) is 5.16 Å². The van der Waals surface area contributed by atoms with Gasteiger partial charge in [0, 0.05) is 0 Å². The van der Waals surface area contributed by atoms with Crippen molar-refractivity contribution in [1.82, 2.24) is 0 Å². The fraction of sp³-hybridized carbons (Fsp3) is 0.250. The van der Waals surface area contributed by atoms with Gasteiger partial charge in [0.2, 0.25) is 5.71 Å². The molecule has 0 amide bonds. The molecule has 0 aliphatic rings. The van der Waals surface area contributed by atoms with Gasteiger partial charge in [-0.05, 0) is 12.1 Å². The summed E-state index contributed by atoms with van der Waals surface area (Å²) in [7, 11) is 2.60. The molecule has 0 saturated carbocycles. The highest BCUT2D eigenvalue weighted by Crippen LogP contribution is 2.04. The lowest BCUT2D eigenvalue weighted by atomic mass is 10.3. The second-order valence-corrected chi connectivity index (χ2v) is 2.09. The second kappa shape index (κ2) is 4.30. The molecule has 0 aliphatic heterocycles. The summed E-state index contributed by atoms with van der Waals surface area (Å²) in [5.41, 5.74) is 0.00926. The molecule has 0 aromatic carbocycles. The largest absolute Gasteiger partial charge is 0.464 e. The van der Waals surface area contributed by atoms with E-state index in [-0.39, 0.29) is 5.71 Å². The molecule has 0 aliphatic carbocycles. The summed E-state index contributed by atoms with van der Waals surface area (Å²) >= 11 is 0. The van der Waals surface area contributed by atoms with Crippen LogP contribution in [0.2, 0.25) is 0 Å². The van der Waals surface area contributed by atoms with Crippen LogP contribution in [0, 0.1) is 0 Å². The monoisotopic (exact) mass is 183 g/mol. The zero-order valence-corrected chi connectivity index (χ0v) is 7.31. The molecule has 1 aromatic heterocycles. The second-order valence-electron chi connectivity index (χ2n) is 2.09. The molecule has 1 heterocycles. The van der Waals surface area contributed by atoms with Crippen LogP contribution in [-0.4, -0.2) is 25.9 Å². The first-order valence-corrected chi connectivity index (χ1v) is 3.53. The van der Waals surface area contributed by atoms with Crippen molar-refractivity contribution in [3.8, 4) is 0 Å². The first-order chi connectivity index (χ1) is 6.29. The van der Waals surface area contributed by atoms with E-state index >= 15 is 0 Å². The molecular weight excluding hydrogens is 174 g/mol. The van der Waals surface area contributed by atoms with Crippen molar-refractivity contribution in [3.63, 3.8) is 0 Å². The Labute approximate surface area is 74.9 Å². The van der Waals surface area contributed by atoms with E-state index in [1.807, 2.05) is 0 Å². The maximum atomic E-state index is 11.1. The molecule has 13 heavy (non-hydrogen) atoms. The Morgan fingerprint density at radius 1 is 1.54 bits per heavy atom. The molecule has 5 heteroatoms. The summed E-state index contributed by atoms with van der Waals surface area (Å²) in [6, 6.07) is 3.23. The fourth-order valence-electron chi connectivity index (χ4n) is 0.784. The third-order valence-electron chi connectivity index (χ3n) is 1.32. The van der Waals surface area contributed by atoms with Crippen LogP contribution in [0.4, 0.5) is 0 Å². The number of esters is 1. The predicted molar refractivity (Wildman–Crippen MR) is 44.3 cm³/mol. The molecule has 1 aromatic rings. The predicted octanol–water partition coefficient (Wildman–Crippen LogP) is 0.803. The van der Waals surface area contributed by atoms with Crippen LogP contribution in [0.25, 0.3) is 0 Å². The van der Waals surface area contributed by atoms with Crippen molar-refractivity contribution in [3.05, 3.63) is 24.2 Å². The van der Waals surface area contributed by atoms with Gasteiger partial charge in [0.25, 0.3) is 0 Å². The van der Waals surface area contributed by atoms with Crippen LogP contribution < -0.4 is 0 Å². The summed E-state index contributed by atoms with van der Waals surface area (Å²) in [6.07, 6.45) is 1.43. The highest BCUT2D eigenvalue weighted by molar-refractivity contribution is 6.42. The van der Waals surface area contributed by atoms with E-state index in [2.05, 4.69) is 14.7 Å². The first kappa shape index (κ1) is 9.31. The topological polar surface area (TPSA) is 61.0 Å². The maximum Gasteiger partial charge on any atom is 0.364 e. The number of oxime groups is 1. The van der Waals surface area contributed by atoms with Gasteiger partial charge < -0.3 is 14.0 Å². The molecule has 0 unspecified atom stereocenters. The Morgan fingerprint density at radius 2 is 2.31 bits per heavy atom. The quantitative estimate of drug-likeness (QED) is 0.395. The Hall–Kier alpha value is -1.78. The summed E-state index contributed by atoms with van der Waals surface area (Å²) in [4.78, 5) is 15.6. The first-order valence-electron chi connectivity index (χ1n) is 3.53. The number of hydrogen-bond donors (Lipinski definition) is 0. The lowest BCUT2D eigenvalue weighted by molar-refractivity contribution is -0.132. The molecule has 0 fully saturated rings. The summed E-state index contributed by atoms with van der Waals surface area (Å²) in [5.74, 6) is -0.287. The number of furan rings is 1. The van der Waals surface area contributed by atoms with Crippen molar-refractivity contribution in [2.75, 3.05) is 14.2 Å². The van der Waals surface area contributed by atoms with Gasteiger partial charge in [0.05, 0.1) is 13.4 Å². The maximum absolute atomic E-state index is 11.1. The van der Waals surface area contributed by atoms with Crippen LogP contribution >= 0.6 is 0 Å². The van der Waals surface area contributed by atoms with E-state index in [4.69, 9.17) is 4.42 Å². The van der Waals surface area contributed by atoms with Crippen molar-refractivity contribution >= 4 is 11.7 Å². The van der Waals surface area contributed by atoms with E-state index in [9.17, 15) is 4.79 Å². The van der Waals surface area contributed by atoms with Crippen LogP contribution in [-0.2, 0) is 14.4 Å². The Kier molecular flexibility index (Phi) is 3.08. The minimum Gasteiger partial charge on any atom is -0.464 e. The van der Waals surface area contributed by atoms with E-state index in [1.54, 1.807) is 12.1 Å². The van der Waals surface area contributed by atoms with Gasteiger partial charge in [-0.2, -0.15) is 0 Å². The van der Waals surface area contributed by atoms with Crippen molar-refractivity contribution in [2.24, 2.45) is 5.16 Å². The van der Waals surface area contributed by atoms with Gasteiger partial charge in [0.1, 0.15) is 7.11 Å². The van der Waals surface area contributed by atoms with Crippen LogP contribution in [0.5, 0.6) is 0 Å². The minimum atomic E-state index is -0.600. The SMILES string of the molecule is CO/N=C(\C(=O)OC)c1ccco1. The van der Waals surface area contributed by atoms with Crippen LogP contribution in [0.3, 0.4) is 0 Å². The molecule has 0 atom stereocenters. The zero-order chi connectivity index (χ0) is 9.68. The Bertz CT molecular complexity index is 302. The van der Waals surface area contributed by atoms with Crippen LogP contribution in [0.1, 0.15) is 5.76 Å². The normalized spacial score (nSPS) is 11.1. The van der Waals surface area contributed by atoms with Gasteiger partial charge in [-0.3, -0.25) is 0 Å². The summed E-state index contributed by atoms with van der Waals surface area (Å²) < 4.78 is 9.44. The molecule has 0 N–H and O–H groups in total. The lowest BCUT2D eigenvalue weighted by Gasteiger charge is -1.98. The van der Waals surface area contributed by atoms with Gasteiger partial charge in [-0.25, -0.2) is 4.79 Å². The number of ether oxygens (including phenoxy) is 1.